The number of hydrogen-bond donors (Lipinski definition) is 0. The maximum Gasteiger partial charge on any atom is 0.302 e. The van der Waals surface area contributed by atoms with Gasteiger partial charge in [-0.3, -0.25) is 9.59 Å². The highest BCUT2D eigenvalue weighted by Crippen LogP contribution is 2.19. The fourth-order valence-corrected chi connectivity index (χ4v) is 2.35. The minimum Gasteiger partial charge on any atom is -0.462 e. The van der Waals surface area contributed by atoms with Crippen molar-refractivity contribution in [1.29, 1.82) is 0 Å². The quantitative estimate of drug-likeness (QED) is 0.457. The lowest BCUT2D eigenvalue weighted by Gasteiger charge is -2.09. The number of halogens is 1. The standard InChI is InChI=1S/C20H19FO3/c1-14-16(6-3-4-13-24-15(2)22)7-5-8-19(14)20(23)17-9-11-18(21)12-10-17/h3-5,7-12H,6,13H2,1-2H3. The van der Waals surface area contributed by atoms with E-state index < -0.39 is 0 Å². The Bertz CT molecular complexity index is 761. The third-order valence-corrected chi connectivity index (χ3v) is 3.68. The first-order chi connectivity index (χ1) is 11.5. The highest BCUT2D eigenvalue weighted by atomic mass is 19.1. The number of rotatable bonds is 6. The summed E-state index contributed by atoms with van der Waals surface area (Å²) in [6.07, 6.45) is 4.31. The second-order valence-electron chi connectivity index (χ2n) is 5.40. The van der Waals surface area contributed by atoms with Crippen molar-refractivity contribution >= 4 is 11.8 Å². The molecule has 0 atom stereocenters. The molecule has 124 valence electrons. The average Bonchev–Trinajstić information content (AvgIpc) is 2.56. The molecule has 3 nitrogen and oxygen atoms in total. The van der Waals surface area contributed by atoms with Crippen LogP contribution in [0.5, 0.6) is 0 Å². The fraction of sp³-hybridized carbons (Fsp3) is 0.200. The summed E-state index contributed by atoms with van der Waals surface area (Å²) in [5.41, 5.74) is 2.97. The van der Waals surface area contributed by atoms with Crippen molar-refractivity contribution in [3.8, 4) is 0 Å². The monoisotopic (exact) mass is 326 g/mol. The molecular weight excluding hydrogens is 307 g/mol. The summed E-state index contributed by atoms with van der Waals surface area (Å²) in [7, 11) is 0. The zero-order valence-corrected chi connectivity index (χ0v) is 13.7. The van der Waals surface area contributed by atoms with E-state index in [0.717, 1.165) is 11.1 Å². The van der Waals surface area contributed by atoms with E-state index in [1.54, 1.807) is 12.1 Å². The van der Waals surface area contributed by atoms with E-state index in [9.17, 15) is 14.0 Å². The van der Waals surface area contributed by atoms with Gasteiger partial charge in [0.25, 0.3) is 0 Å². The average molecular weight is 326 g/mol. The lowest BCUT2D eigenvalue weighted by molar-refractivity contribution is -0.139. The number of carbonyl (C=O) groups is 2. The molecule has 0 aromatic heterocycles. The molecule has 2 aromatic rings. The van der Waals surface area contributed by atoms with Gasteiger partial charge in [0, 0.05) is 18.1 Å². The Labute approximate surface area is 140 Å². The molecule has 0 saturated carbocycles. The SMILES string of the molecule is CC(=O)OCC=CCc1cccc(C(=O)c2ccc(F)cc2)c1C. The summed E-state index contributed by atoms with van der Waals surface area (Å²) < 4.78 is 17.8. The van der Waals surface area contributed by atoms with E-state index in [2.05, 4.69) is 0 Å². The van der Waals surface area contributed by atoms with Gasteiger partial charge >= 0.3 is 5.97 Å². The van der Waals surface area contributed by atoms with Crippen molar-refractivity contribution in [3.63, 3.8) is 0 Å². The zero-order chi connectivity index (χ0) is 17.5. The van der Waals surface area contributed by atoms with Crippen molar-refractivity contribution in [1.82, 2.24) is 0 Å². The number of benzene rings is 2. The molecule has 0 heterocycles. The maximum absolute atomic E-state index is 13.0. The van der Waals surface area contributed by atoms with Crippen LogP contribution in [0.25, 0.3) is 0 Å². The van der Waals surface area contributed by atoms with E-state index in [4.69, 9.17) is 4.74 Å². The Morgan fingerprint density at radius 3 is 2.46 bits per heavy atom. The normalized spacial score (nSPS) is 10.8. The number of carbonyl (C=O) groups excluding carboxylic acids is 2. The van der Waals surface area contributed by atoms with Crippen LogP contribution in [0.2, 0.25) is 0 Å². The van der Waals surface area contributed by atoms with Gasteiger partial charge in [-0.05, 0) is 48.7 Å². The van der Waals surface area contributed by atoms with Crippen LogP contribution in [0.1, 0.15) is 34.0 Å². The molecule has 24 heavy (non-hydrogen) atoms. The van der Waals surface area contributed by atoms with E-state index in [1.165, 1.54) is 31.2 Å². The zero-order valence-electron chi connectivity index (χ0n) is 13.7. The molecule has 0 aliphatic rings. The molecule has 0 amide bonds. The Morgan fingerprint density at radius 2 is 1.79 bits per heavy atom. The second kappa shape index (κ2) is 8.20. The Balaban J connectivity index is 2.13. The largest absolute Gasteiger partial charge is 0.462 e. The van der Waals surface area contributed by atoms with Crippen molar-refractivity contribution in [3.05, 3.63) is 82.7 Å². The summed E-state index contributed by atoms with van der Waals surface area (Å²) in [6, 6.07) is 11.1. The molecule has 2 aromatic carbocycles. The first kappa shape index (κ1) is 17.6. The van der Waals surface area contributed by atoms with Crippen molar-refractivity contribution in [2.24, 2.45) is 0 Å². The lowest BCUT2D eigenvalue weighted by atomic mass is 9.94. The minimum atomic E-state index is -0.366. The van der Waals surface area contributed by atoms with Crippen LogP contribution in [-0.2, 0) is 16.0 Å². The van der Waals surface area contributed by atoms with Gasteiger partial charge in [0.1, 0.15) is 12.4 Å². The summed E-state index contributed by atoms with van der Waals surface area (Å²) in [4.78, 5) is 23.3. The molecule has 0 aliphatic heterocycles. The smallest absolute Gasteiger partial charge is 0.302 e. The van der Waals surface area contributed by atoms with Gasteiger partial charge in [0.2, 0.25) is 0 Å². The summed E-state index contributed by atoms with van der Waals surface area (Å²) >= 11 is 0. The van der Waals surface area contributed by atoms with E-state index in [0.29, 0.717) is 17.5 Å². The van der Waals surface area contributed by atoms with Crippen molar-refractivity contribution in [2.45, 2.75) is 20.3 Å². The van der Waals surface area contributed by atoms with E-state index in [-0.39, 0.29) is 24.2 Å². The molecular formula is C20H19FO3. The molecule has 0 aliphatic carbocycles. The molecule has 0 radical (unpaired) electrons. The Morgan fingerprint density at radius 1 is 1.08 bits per heavy atom. The van der Waals surface area contributed by atoms with Gasteiger partial charge in [0.05, 0.1) is 0 Å². The molecule has 0 saturated heterocycles. The van der Waals surface area contributed by atoms with E-state index in [1.807, 2.05) is 25.1 Å². The number of ether oxygens (including phenoxy) is 1. The second-order valence-corrected chi connectivity index (χ2v) is 5.40. The Hall–Kier alpha value is -2.75. The molecule has 2 rings (SSSR count). The molecule has 0 spiro atoms. The molecule has 4 heteroatoms. The Kier molecular flexibility index (Phi) is 6.01. The first-order valence-corrected chi connectivity index (χ1v) is 7.66. The van der Waals surface area contributed by atoms with Gasteiger partial charge in [-0.15, -0.1) is 0 Å². The summed E-state index contributed by atoms with van der Waals surface area (Å²) in [5, 5.41) is 0. The molecule has 0 N–H and O–H groups in total. The van der Waals surface area contributed by atoms with Gasteiger partial charge in [-0.25, -0.2) is 4.39 Å². The number of allylic oxidation sites excluding steroid dienone is 1. The number of ketones is 1. The summed E-state index contributed by atoms with van der Waals surface area (Å²) in [6.45, 7) is 3.50. The van der Waals surface area contributed by atoms with Crippen LogP contribution in [0.4, 0.5) is 4.39 Å². The highest BCUT2D eigenvalue weighted by Gasteiger charge is 2.13. The van der Waals surface area contributed by atoms with Crippen LogP contribution in [0, 0.1) is 12.7 Å². The van der Waals surface area contributed by atoms with Crippen molar-refractivity contribution < 1.29 is 18.7 Å². The first-order valence-electron chi connectivity index (χ1n) is 7.66. The third kappa shape index (κ3) is 4.62. The molecule has 0 bridgehead atoms. The minimum absolute atomic E-state index is 0.127. The van der Waals surface area contributed by atoms with Crippen LogP contribution in [0.15, 0.2) is 54.6 Å². The molecule has 0 fully saturated rings. The lowest BCUT2D eigenvalue weighted by Crippen LogP contribution is -2.05. The third-order valence-electron chi connectivity index (χ3n) is 3.68. The van der Waals surface area contributed by atoms with E-state index >= 15 is 0 Å². The van der Waals surface area contributed by atoms with Crippen LogP contribution in [-0.4, -0.2) is 18.4 Å². The van der Waals surface area contributed by atoms with Crippen LogP contribution < -0.4 is 0 Å². The highest BCUT2D eigenvalue weighted by molar-refractivity contribution is 6.10. The predicted molar refractivity (Wildman–Crippen MR) is 90.5 cm³/mol. The predicted octanol–water partition coefficient (Wildman–Crippen LogP) is 4.03. The number of esters is 1. The maximum atomic E-state index is 13.0. The van der Waals surface area contributed by atoms with Crippen molar-refractivity contribution in [2.75, 3.05) is 6.61 Å². The summed E-state index contributed by atoms with van der Waals surface area (Å²) in [5.74, 6) is -0.809. The van der Waals surface area contributed by atoms with Gasteiger partial charge in [-0.1, -0.05) is 30.4 Å². The molecule has 0 unspecified atom stereocenters. The topological polar surface area (TPSA) is 43.4 Å². The van der Waals surface area contributed by atoms with Crippen LogP contribution in [0.3, 0.4) is 0 Å². The van der Waals surface area contributed by atoms with Gasteiger partial charge in [-0.2, -0.15) is 0 Å². The van der Waals surface area contributed by atoms with Gasteiger partial charge in [0.15, 0.2) is 5.78 Å². The van der Waals surface area contributed by atoms with Crippen LogP contribution >= 0.6 is 0 Å². The van der Waals surface area contributed by atoms with Gasteiger partial charge < -0.3 is 4.74 Å². The number of hydrogen-bond acceptors (Lipinski definition) is 3. The fourth-order valence-electron chi connectivity index (χ4n) is 2.35.